The number of fused-ring (bicyclic) bond motifs is 1. The third-order valence-electron chi connectivity index (χ3n) is 4.69. The maximum atomic E-state index is 10.2. The molecule has 3 unspecified atom stereocenters. The van der Waals surface area contributed by atoms with E-state index in [9.17, 15) is 5.11 Å². The smallest absolute Gasteiger partial charge is 0.0791 e. The first-order chi connectivity index (χ1) is 9.56. The Balaban J connectivity index is 1.74. The molecule has 0 spiro atoms. The molecule has 0 amide bonds. The molecule has 2 heterocycles. The Bertz CT molecular complexity index is 285. The van der Waals surface area contributed by atoms with E-state index in [4.69, 9.17) is 0 Å². The molecule has 118 valence electrons. The fourth-order valence-electron chi connectivity index (χ4n) is 3.54. The van der Waals surface area contributed by atoms with Crippen molar-refractivity contribution >= 4 is 0 Å². The fraction of sp³-hybridized carbons (Fsp3) is 1.00. The van der Waals surface area contributed by atoms with Gasteiger partial charge in [-0.15, -0.1) is 0 Å². The predicted molar refractivity (Wildman–Crippen MR) is 84.0 cm³/mol. The number of piperazine rings is 1. The SMILES string of the molecule is CC(C)CNCC(O)CN1CC2CCCCN2CC1C. The highest BCUT2D eigenvalue weighted by Crippen LogP contribution is 2.23. The molecule has 0 aromatic carbocycles. The summed E-state index contributed by atoms with van der Waals surface area (Å²) in [5.41, 5.74) is 0. The maximum Gasteiger partial charge on any atom is 0.0791 e. The van der Waals surface area contributed by atoms with E-state index in [2.05, 4.69) is 35.9 Å². The minimum atomic E-state index is -0.244. The largest absolute Gasteiger partial charge is 0.390 e. The number of hydrogen-bond acceptors (Lipinski definition) is 4. The van der Waals surface area contributed by atoms with Crippen molar-refractivity contribution in [1.82, 2.24) is 15.1 Å². The Labute approximate surface area is 124 Å². The van der Waals surface area contributed by atoms with Crippen LogP contribution >= 0.6 is 0 Å². The van der Waals surface area contributed by atoms with Gasteiger partial charge in [0, 0.05) is 38.3 Å². The van der Waals surface area contributed by atoms with Crippen LogP contribution in [0.2, 0.25) is 0 Å². The Kier molecular flexibility index (Phi) is 6.27. The van der Waals surface area contributed by atoms with Gasteiger partial charge in [-0.05, 0) is 38.8 Å². The van der Waals surface area contributed by atoms with Crippen molar-refractivity contribution < 1.29 is 5.11 Å². The van der Waals surface area contributed by atoms with Gasteiger partial charge in [0.25, 0.3) is 0 Å². The summed E-state index contributed by atoms with van der Waals surface area (Å²) < 4.78 is 0. The lowest BCUT2D eigenvalue weighted by Gasteiger charge is -2.48. The minimum absolute atomic E-state index is 0.244. The average molecular weight is 283 g/mol. The first kappa shape index (κ1) is 16.2. The molecule has 2 aliphatic heterocycles. The first-order valence-electron chi connectivity index (χ1n) is 8.43. The number of aliphatic hydroxyl groups is 1. The number of nitrogens with zero attached hydrogens (tertiary/aromatic N) is 2. The zero-order valence-corrected chi connectivity index (χ0v) is 13.5. The number of piperidine rings is 1. The molecule has 0 aromatic heterocycles. The van der Waals surface area contributed by atoms with Gasteiger partial charge in [0.2, 0.25) is 0 Å². The third kappa shape index (κ3) is 4.69. The van der Waals surface area contributed by atoms with Crippen LogP contribution in [0.25, 0.3) is 0 Å². The van der Waals surface area contributed by atoms with Crippen LogP contribution in [-0.4, -0.2) is 72.4 Å². The monoisotopic (exact) mass is 283 g/mol. The van der Waals surface area contributed by atoms with E-state index in [1.807, 2.05) is 0 Å². The van der Waals surface area contributed by atoms with Crippen molar-refractivity contribution in [3.63, 3.8) is 0 Å². The highest BCUT2D eigenvalue weighted by atomic mass is 16.3. The summed E-state index contributed by atoms with van der Waals surface area (Å²) in [6.07, 6.45) is 3.84. The van der Waals surface area contributed by atoms with Crippen LogP contribution in [-0.2, 0) is 0 Å². The van der Waals surface area contributed by atoms with E-state index in [0.717, 1.165) is 32.2 Å². The van der Waals surface area contributed by atoms with Crippen LogP contribution in [0, 0.1) is 5.92 Å². The number of rotatable bonds is 6. The summed E-state index contributed by atoms with van der Waals surface area (Å²) in [7, 11) is 0. The number of β-amino-alcohol motifs (C(OH)–C–C–N with tert-alkyl or cyclic N) is 1. The Morgan fingerprint density at radius 1 is 1.20 bits per heavy atom. The van der Waals surface area contributed by atoms with Gasteiger partial charge in [0.15, 0.2) is 0 Å². The summed E-state index contributed by atoms with van der Waals surface area (Å²) in [6.45, 7) is 12.8. The van der Waals surface area contributed by atoms with E-state index >= 15 is 0 Å². The average Bonchev–Trinajstić information content (AvgIpc) is 2.39. The summed E-state index contributed by atoms with van der Waals surface area (Å²) >= 11 is 0. The molecule has 20 heavy (non-hydrogen) atoms. The molecule has 4 nitrogen and oxygen atoms in total. The van der Waals surface area contributed by atoms with Crippen LogP contribution in [0.4, 0.5) is 0 Å². The standard InChI is InChI=1S/C16H33N3O/c1-13(2)8-17-9-16(20)12-19-11-15-6-4-5-7-18(15)10-14(19)3/h13-17,20H,4-12H2,1-3H3. The summed E-state index contributed by atoms with van der Waals surface area (Å²) in [5, 5.41) is 13.6. The number of hydrogen-bond donors (Lipinski definition) is 2. The van der Waals surface area contributed by atoms with E-state index < -0.39 is 0 Å². The van der Waals surface area contributed by atoms with Crippen LogP contribution in [0.1, 0.15) is 40.0 Å². The number of aliphatic hydroxyl groups excluding tert-OH is 1. The molecular formula is C16H33N3O. The molecule has 0 aromatic rings. The summed E-state index contributed by atoms with van der Waals surface area (Å²) in [5.74, 6) is 0.645. The summed E-state index contributed by atoms with van der Waals surface area (Å²) in [4.78, 5) is 5.16. The van der Waals surface area contributed by atoms with Crippen molar-refractivity contribution in [2.24, 2.45) is 5.92 Å². The molecule has 2 aliphatic rings. The van der Waals surface area contributed by atoms with E-state index in [-0.39, 0.29) is 6.10 Å². The Morgan fingerprint density at radius 3 is 2.75 bits per heavy atom. The molecule has 4 heteroatoms. The molecular weight excluding hydrogens is 250 g/mol. The van der Waals surface area contributed by atoms with Gasteiger partial charge in [-0.3, -0.25) is 9.80 Å². The molecule has 2 saturated heterocycles. The second-order valence-electron chi connectivity index (χ2n) is 7.15. The van der Waals surface area contributed by atoms with Crippen molar-refractivity contribution in [3.8, 4) is 0 Å². The van der Waals surface area contributed by atoms with Gasteiger partial charge in [-0.1, -0.05) is 20.3 Å². The van der Waals surface area contributed by atoms with E-state index in [0.29, 0.717) is 12.0 Å². The summed E-state index contributed by atoms with van der Waals surface area (Å²) in [6, 6.07) is 1.31. The van der Waals surface area contributed by atoms with Gasteiger partial charge in [-0.25, -0.2) is 0 Å². The molecule has 3 atom stereocenters. The molecule has 0 bridgehead atoms. The topological polar surface area (TPSA) is 38.7 Å². The van der Waals surface area contributed by atoms with Crippen LogP contribution < -0.4 is 5.32 Å². The normalized spacial score (nSPS) is 30.4. The van der Waals surface area contributed by atoms with E-state index in [1.165, 1.54) is 32.4 Å². The van der Waals surface area contributed by atoms with Crippen molar-refractivity contribution in [1.29, 1.82) is 0 Å². The van der Waals surface area contributed by atoms with Crippen LogP contribution in [0.5, 0.6) is 0 Å². The highest BCUT2D eigenvalue weighted by molar-refractivity contribution is 4.89. The van der Waals surface area contributed by atoms with Gasteiger partial charge < -0.3 is 10.4 Å². The van der Waals surface area contributed by atoms with Crippen molar-refractivity contribution in [2.75, 3.05) is 39.3 Å². The second-order valence-corrected chi connectivity index (χ2v) is 7.15. The lowest BCUT2D eigenvalue weighted by Crippen LogP contribution is -2.60. The third-order valence-corrected chi connectivity index (χ3v) is 4.69. The Morgan fingerprint density at radius 2 is 2.00 bits per heavy atom. The highest BCUT2D eigenvalue weighted by Gasteiger charge is 2.33. The predicted octanol–water partition coefficient (Wildman–Crippen LogP) is 1.15. The molecule has 2 rings (SSSR count). The van der Waals surface area contributed by atoms with Gasteiger partial charge in [0.1, 0.15) is 0 Å². The Hall–Kier alpha value is -0.160. The lowest BCUT2D eigenvalue weighted by atomic mass is 9.97. The quantitative estimate of drug-likeness (QED) is 0.767. The van der Waals surface area contributed by atoms with Crippen molar-refractivity contribution in [2.45, 2.75) is 58.2 Å². The fourth-order valence-corrected chi connectivity index (χ4v) is 3.54. The molecule has 2 fully saturated rings. The first-order valence-corrected chi connectivity index (χ1v) is 8.43. The van der Waals surface area contributed by atoms with Crippen LogP contribution in [0.15, 0.2) is 0 Å². The van der Waals surface area contributed by atoms with Crippen LogP contribution in [0.3, 0.4) is 0 Å². The number of nitrogens with one attached hydrogen (secondary N) is 1. The molecule has 0 saturated carbocycles. The maximum absolute atomic E-state index is 10.2. The van der Waals surface area contributed by atoms with Gasteiger partial charge in [0.05, 0.1) is 6.10 Å². The zero-order chi connectivity index (χ0) is 14.5. The molecule has 0 aliphatic carbocycles. The van der Waals surface area contributed by atoms with Gasteiger partial charge >= 0.3 is 0 Å². The molecule has 2 N–H and O–H groups in total. The lowest BCUT2D eigenvalue weighted by molar-refractivity contribution is -0.00685. The second kappa shape index (κ2) is 7.74. The van der Waals surface area contributed by atoms with E-state index in [1.54, 1.807) is 0 Å². The zero-order valence-electron chi connectivity index (χ0n) is 13.5. The molecule has 0 radical (unpaired) electrons. The van der Waals surface area contributed by atoms with Gasteiger partial charge in [-0.2, -0.15) is 0 Å². The van der Waals surface area contributed by atoms with Crippen molar-refractivity contribution in [3.05, 3.63) is 0 Å². The minimum Gasteiger partial charge on any atom is -0.390 e.